The summed E-state index contributed by atoms with van der Waals surface area (Å²) in [6, 6.07) is 7.05. The number of amides is 1. The zero-order chi connectivity index (χ0) is 19.9. The summed E-state index contributed by atoms with van der Waals surface area (Å²) < 4.78 is 5.56. The molecule has 0 saturated heterocycles. The van der Waals surface area contributed by atoms with Gasteiger partial charge in [-0.3, -0.25) is 4.79 Å². The predicted octanol–water partition coefficient (Wildman–Crippen LogP) is 2.44. The van der Waals surface area contributed by atoms with Gasteiger partial charge in [-0.15, -0.1) is 10.2 Å². The van der Waals surface area contributed by atoms with Gasteiger partial charge in [0.2, 0.25) is 11.0 Å². The van der Waals surface area contributed by atoms with E-state index in [1.165, 1.54) is 30.2 Å². The third kappa shape index (κ3) is 5.02. The molecule has 3 aromatic rings. The highest BCUT2D eigenvalue weighted by atomic mass is 32.2. The Morgan fingerprint density at radius 2 is 2.14 bits per heavy atom. The Morgan fingerprint density at radius 1 is 1.32 bits per heavy atom. The van der Waals surface area contributed by atoms with Crippen LogP contribution in [0.5, 0.6) is 0 Å². The highest BCUT2D eigenvalue weighted by Gasteiger charge is 2.23. The highest BCUT2D eigenvalue weighted by Crippen LogP contribution is 2.25. The van der Waals surface area contributed by atoms with Crippen molar-refractivity contribution in [3.8, 4) is 0 Å². The first-order chi connectivity index (χ1) is 13.6. The first kappa shape index (κ1) is 20.2. The molecule has 3 rings (SSSR count). The van der Waals surface area contributed by atoms with E-state index in [2.05, 4.69) is 25.8 Å². The van der Waals surface area contributed by atoms with E-state index in [0.29, 0.717) is 10.8 Å². The van der Waals surface area contributed by atoms with Gasteiger partial charge in [0.05, 0.1) is 12.9 Å². The molecule has 10 heteroatoms. The first-order valence-electron chi connectivity index (χ1n) is 8.73. The van der Waals surface area contributed by atoms with Crippen LogP contribution < -0.4 is 10.6 Å². The van der Waals surface area contributed by atoms with Crippen molar-refractivity contribution in [2.24, 2.45) is 0 Å². The fourth-order valence-electron chi connectivity index (χ4n) is 2.71. The maximum Gasteiger partial charge on any atom is 0.328 e. The number of aromatic amines is 1. The number of ether oxygens (including phenoxy) is 1. The molecule has 3 N–H and O–H groups in total. The maximum absolute atomic E-state index is 12.4. The van der Waals surface area contributed by atoms with E-state index in [1.807, 2.05) is 37.4 Å². The monoisotopic (exact) mass is 419 g/mol. The van der Waals surface area contributed by atoms with Crippen molar-refractivity contribution in [3.05, 3.63) is 36.0 Å². The van der Waals surface area contributed by atoms with E-state index < -0.39 is 12.0 Å². The maximum atomic E-state index is 12.4. The van der Waals surface area contributed by atoms with Crippen LogP contribution in [0.3, 0.4) is 0 Å². The van der Waals surface area contributed by atoms with E-state index in [4.69, 9.17) is 4.74 Å². The van der Waals surface area contributed by atoms with Gasteiger partial charge in [-0.05, 0) is 18.6 Å². The van der Waals surface area contributed by atoms with Crippen molar-refractivity contribution < 1.29 is 14.3 Å². The quantitative estimate of drug-likeness (QED) is 0.361. The van der Waals surface area contributed by atoms with Gasteiger partial charge in [0.15, 0.2) is 4.34 Å². The van der Waals surface area contributed by atoms with Crippen molar-refractivity contribution in [3.63, 3.8) is 0 Å². The summed E-state index contributed by atoms with van der Waals surface area (Å²) in [5.41, 5.74) is 1.93. The number of hydrogen-bond donors (Lipinski definition) is 3. The lowest BCUT2D eigenvalue weighted by atomic mass is 10.0. The third-order valence-electron chi connectivity index (χ3n) is 3.98. The van der Waals surface area contributed by atoms with Crippen LogP contribution in [-0.2, 0) is 20.7 Å². The number of fused-ring (bicyclic) bond motifs is 1. The number of carbonyl (C=O) groups is 2. The normalized spacial score (nSPS) is 11.9. The number of H-pyrrole nitrogens is 1. The number of esters is 1. The fraction of sp³-hybridized carbons (Fsp3) is 0.333. The summed E-state index contributed by atoms with van der Waals surface area (Å²) in [5, 5.41) is 15.6. The van der Waals surface area contributed by atoms with Gasteiger partial charge in [0.25, 0.3) is 0 Å². The van der Waals surface area contributed by atoms with E-state index in [0.717, 1.165) is 28.1 Å². The molecule has 28 heavy (non-hydrogen) atoms. The Bertz CT molecular complexity index is 956. The van der Waals surface area contributed by atoms with E-state index in [9.17, 15) is 9.59 Å². The third-order valence-corrected chi connectivity index (χ3v) is 6.00. The molecule has 1 aromatic carbocycles. The van der Waals surface area contributed by atoms with Gasteiger partial charge < -0.3 is 20.4 Å². The smallest absolute Gasteiger partial charge is 0.328 e. The molecule has 0 aliphatic carbocycles. The Balaban J connectivity index is 1.61. The lowest BCUT2D eigenvalue weighted by molar-refractivity contribution is -0.144. The molecule has 0 aliphatic rings. The molecule has 0 spiro atoms. The molecular weight excluding hydrogens is 398 g/mol. The summed E-state index contributed by atoms with van der Waals surface area (Å²) >= 11 is 2.67. The van der Waals surface area contributed by atoms with Gasteiger partial charge in [-0.25, -0.2) is 4.79 Å². The minimum absolute atomic E-state index is 0.141. The molecule has 2 aromatic heterocycles. The zero-order valence-electron chi connectivity index (χ0n) is 15.5. The highest BCUT2D eigenvalue weighted by molar-refractivity contribution is 8.01. The van der Waals surface area contributed by atoms with Crippen LogP contribution in [0, 0.1) is 0 Å². The molecule has 0 unspecified atom stereocenters. The summed E-state index contributed by atoms with van der Waals surface area (Å²) in [4.78, 5) is 27.7. The number of hydrogen-bond acceptors (Lipinski definition) is 8. The number of aromatic nitrogens is 3. The van der Waals surface area contributed by atoms with Crippen molar-refractivity contribution in [2.75, 3.05) is 24.7 Å². The minimum atomic E-state index is -0.760. The molecule has 2 heterocycles. The molecule has 0 fully saturated rings. The number of methoxy groups -OCH3 is 1. The van der Waals surface area contributed by atoms with E-state index >= 15 is 0 Å². The molecule has 0 saturated carbocycles. The molecule has 8 nitrogen and oxygen atoms in total. The lowest BCUT2D eigenvalue weighted by Crippen LogP contribution is -2.43. The minimum Gasteiger partial charge on any atom is -0.467 e. The Hall–Kier alpha value is -2.59. The van der Waals surface area contributed by atoms with Crippen LogP contribution in [0.2, 0.25) is 0 Å². The van der Waals surface area contributed by atoms with E-state index in [-0.39, 0.29) is 11.7 Å². The van der Waals surface area contributed by atoms with Gasteiger partial charge in [-0.1, -0.05) is 41.3 Å². The topological polar surface area (TPSA) is 109 Å². The van der Waals surface area contributed by atoms with E-state index in [1.54, 1.807) is 0 Å². The van der Waals surface area contributed by atoms with Crippen molar-refractivity contribution >= 4 is 51.0 Å². The van der Waals surface area contributed by atoms with Crippen LogP contribution in [0.25, 0.3) is 10.9 Å². The van der Waals surface area contributed by atoms with Crippen LogP contribution in [0.4, 0.5) is 5.13 Å². The summed E-state index contributed by atoms with van der Waals surface area (Å²) in [5.74, 6) is -0.600. The van der Waals surface area contributed by atoms with Crippen LogP contribution >= 0.6 is 23.1 Å². The SMILES string of the molecule is CCNc1nnc(SCC(=O)N[C@@H](Cc2c[nH]c3ccccc23)C(=O)OC)s1. The van der Waals surface area contributed by atoms with Crippen molar-refractivity contribution in [1.82, 2.24) is 20.5 Å². The first-order valence-corrected chi connectivity index (χ1v) is 10.5. The van der Waals surface area contributed by atoms with Crippen molar-refractivity contribution in [2.45, 2.75) is 23.7 Å². The molecule has 0 aliphatic heterocycles. The number of para-hydroxylation sites is 1. The average Bonchev–Trinajstić information content (AvgIpc) is 3.33. The Kier molecular flexibility index (Phi) is 6.88. The summed E-state index contributed by atoms with van der Waals surface area (Å²) in [6.45, 7) is 2.73. The Morgan fingerprint density at radius 3 is 2.93 bits per heavy atom. The summed E-state index contributed by atoms with van der Waals surface area (Å²) in [6.07, 6.45) is 2.20. The largest absolute Gasteiger partial charge is 0.467 e. The summed E-state index contributed by atoms with van der Waals surface area (Å²) in [7, 11) is 1.31. The molecule has 148 valence electrons. The molecule has 1 amide bonds. The lowest BCUT2D eigenvalue weighted by Gasteiger charge is -2.16. The number of nitrogens with zero attached hydrogens (tertiary/aromatic N) is 2. The standard InChI is InChI=1S/C18H21N5O3S2/c1-3-19-17-22-23-18(28-17)27-10-15(24)21-14(16(25)26-2)8-11-9-20-13-7-5-4-6-12(11)13/h4-7,9,14,20H,3,8,10H2,1-2H3,(H,19,22)(H,21,24)/t14-/m0/s1. The second-order valence-electron chi connectivity index (χ2n) is 5.90. The van der Waals surface area contributed by atoms with Gasteiger partial charge in [0.1, 0.15) is 6.04 Å². The average molecular weight is 420 g/mol. The number of carbonyl (C=O) groups excluding carboxylic acids is 2. The van der Waals surface area contributed by atoms with Gasteiger partial charge in [0, 0.05) is 30.1 Å². The zero-order valence-corrected chi connectivity index (χ0v) is 17.2. The number of benzene rings is 1. The Labute approximate surface area is 170 Å². The second kappa shape index (κ2) is 9.56. The number of rotatable bonds is 9. The predicted molar refractivity (Wildman–Crippen MR) is 111 cm³/mol. The molecular formula is C18H21N5O3S2. The number of thioether (sulfide) groups is 1. The fourth-order valence-corrected chi connectivity index (χ4v) is 4.34. The van der Waals surface area contributed by atoms with Gasteiger partial charge >= 0.3 is 5.97 Å². The number of anilines is 1. The van der Waals surface area contributed by atoms with Crippen LogP contribution in [0.1, 0.15) is 12.5 Å². The molecule has 0 bridgehead atoms. The van der Waals surface area contributed by atoms with Gasteiger partial charge in [-0.2, -0.15) is 0 Å². The van der Waals surface area contributed by atoms with Crippen LogP contribution in [-0.4, -0.2) is 52.5 Å². The van der Waals surface area contributed by atoms with Crippen molar-refractivity contribution in [1.29, 1.82) is 0 Å². The second-order valence-corrected chi connectivity index (χ2v) is 8.10. The number of nitrogens with one attached hydrogen (secondary N) is 3. The molecule has 1 atom stereocenters. The molecule has 0 radical (unpaired) electrons. The van der Waals surface area contributed by atoms with Crippen LogP contribution in [0.15, 0.2) is 34.8 Å².